The molecule has 1 atom stereocenters. The van der Waals surface area contributed by atoms with E-state index in [0.29, 0.717) is 6.04 Å². The molecule has 20 heavy (non-hydrogen) atoms. The Labute approximate surface area is 129 Å². The third-order valence-corrected chi connectivity index (χ3v) is 4.97. The first-order chi connectivity index (χ1) is 9.38. The maximum Gasteiger partial charge on any atom is 0.0944 e. The molecule has 0 fully saturated rings. The molecule has 0 aliphatic heterocycles. The smallest absolute Gasteiger partial charge is 0.0944 e. The molecule has 2 heterocycles. The average Bonchev–Trinajstić information content (AvgIpc) is 2.97. The summed E-state index contributed by atoms with van der Waals surface area (Å²) < 4.78 is 0. The van der Waals surface area contributed by atoms with Crippen molar-refractivity contribution in [1.82, 2.24) is 15.3 Å². The van der Waals surface area contributed by atoms with Gasteiger partial charge < -0.3 is 5.32 Å². The minimum atomic E-state index is 0.135. The van der Waals surface area contributed by atoms with Crippen LogP contribution in [0.15, 0.2) is 10.8 Å². The van der Waals surface area contributed by atoms with Gasteiger partial charge in [0.2, 0.25) is 0 Å². The van der Waals surface area contributed by atoms with Crippen molar-refractivity contribution in [2.75, 3.05) is 7.05 Å². The maximum absolute atomic E-state index is 4.78. The van der Waals surface area contributed by atoms with Gasteiger partial charge in [0.25, 0.3) is 0 Å². The van der Waals surface area contributed by atoms with E-state index in [2.05, 4.69) is 48.8 Å². The summed E-state index contributed by atoms with van der Waals surface area (Å²) in [5.41, 5.74) is 2.51. The summed E-state index contributed by atoms with van der Waals surface area (Å²) in [4.78, 5) is 9.32. The number of rotatable bonds is 5. The predicted molar refractivity (Wildman–Crippen MR) is 87.9 cm³/mol. The molecule has 110 valence electrons. The Hall–Kier alpha value is -0.780. The van der Waals surface area contributed by atoms with E-state index in [9.17, 15) is 0 Å². The molecule has 0 aliphatic rings. The lowest BCUT2D eigenvalue weighted by atomic mass is 9.93. The lowest BCUT2D eigenvalue weighted by Gasteiger charge is -2.15. The van der Waals surface area contributed by atoms with Crippen LogP contribution in [0, 0.1) is 6.92 Å². The van der Waals surface area contributed by atoms with Crippen LogP contribution in [0.5, 0.6) is 0 Å². The fourth-order valence-corrected chi connectivity index (χ4v) is 3.72. The van der Waals surface area contributed by atoms with E-state index in [4.69, 9.17) is 4.98 Å². The summed E-state index contributed by atoms with van der Waals surface area (Å²) in [5, 5.41) is 10.1. The molecule has 0 saturated carbocycles. The summed E-state index contributed by atoms with van der Waals surface area (Å²) in [6.45, 7) is 8.68. The van der Waals surface area contributed by atoms with Crippen molar-refractivity contribution < 1.29 is 0 Å². The molecule has 0 aliphatic carbocycles. The number of likely N-dealkylation sites (N-methyl/N-ethyl adjacent to an activating group) is 1. The van der Waals surface area contributed by atoms with Crippen molar-refractivity contribution in [2.45, 2.75) is 52.0 Å². The molecule has 1 unspecified atom stereocenters. The highest BCUT2D eigenvalue weighted by atomic mass is 32.1. The molecule has 3 nitrogen and oxygen atoms in total. The van der Waals surface area contributed by atoms with Crippen LogP contribution < -0.4 is 5.32 Å². The fourth-order valence-electron chi connectivity index (χ4n) is 1.99. The van der Waals surface area contributed by atoms with E-state index < -0.39 is 0 Å². The SMILES string of the molecule is CNC(Cc1csc(C)n1)Cc1nc(C(C)(C)C)cs1. The Balaban J connectivity index is 2.01. The molecule has 1 N–H and O–H groups in total. The minimum Gasteiger partial charge on any atom is -0.316 e. The van der Waals surface area contributed by atoms with E-state index in [0.717, 1.165) is 17.8 Å². The molecule has 0 spiro atoms. The second kappa shape index (κ2) is 6.33. The first-order valence-corrected chi connectivity index (χ1v) is 8.67. The van der Waals surface area contributed by atoms with Gasteiger partial charge in [-0.15, -0.1) is 22.7 Å². The summed E-state index contributed by atoms with van der Waals surface area (Å²) in [6, 6.07) is 0.399. The van der Waals surface area contributed by atoms with Gasteiger partial charge in [-0.2, -0.15) is 0 Å². The Kier molecular flexibility index (Phi) is 4.94. The number of nitrogens with zero attached hydrogens (tertiary/aromatic N) is 2. The molecule has 0 aromatic carbocycles. The Bertz CT molecular complexity index is 551. The molecule has 2 aromatic rings. The van der Waals surface area contributed by atoms with Crippen molar-refractivity contribution >= 4 is 22.7 Å². The lowest BCUT2D eigenvalue weighted by molar-refractivity contribution is 0.540. The van der Waals surface area contributed by atoms with E-state index >= 15 is 0 Å². The van der Waals surface area contributed by atoms with Gasteiger partial charge in [0.05, 0.1) is 21.4 Å². The van der Waals surface area contributed by atoms with Crippen LogP contribution in [0.25, 0.3) is 0 Å². The first-order valence-electron chi connectivity index (χ1n) is 6.91. The summed E-state index contributed by atoms with van der Waals surface area (Å²) in [5.74, 6) is 0. The van der Waals surface area contributed by atoms with Crippen molar-refractivity contribution in [3.05, 3.63) is 32.2 Å². The van der Waals surface area contributed by atoms with Gasteiger partial charge in [0, 0.05) is 35.1 Å². The maximum atomic E-state index is 4.78. The van der Waals surface area contributed by atoms with Gasteiger partial charge in [-0.25, -0.2) is 9.97 Å². The van der Waals surface area contributed by atoms with E-state index in [-0.39, 0.29) is 5.41 Å². The standard InChI is InChI=1S/C15H23N3S2/c1-10-17-12(8-19-10)6-11(16-5)7-14-18-13(9-20-14)15(2,3)4/h8-9,11,16H,6-7H2,1-5H3. The molecule has 0 radical (unpaired) electrons. The van der Waals surface area contributed by atoms with Crippen LogP contribution in [0.3, 0.4) is 0 Å². The highest BCUT2D eigenvalue weighted by Crippen LogP contribution is 2.24. The van der Waals surface area contributed by atoms with Crippen LogP contribution in [-0.2, 0) is 18.3 Å². The predicted octanol–water partition coefficient (Wildman–Crippen LogP) is 3.58. The molecular formula is C15H23N3S2. The van der Waals surface area contributed by atoms with Gasteiger partial charge in [0.15, 0.2) is 0 Å². The third kappa shape index (κ3) is 4.11. The molecule has 5 heteroatoms. The highest BCUT2D eigenvalue weighted by Gasteiger charge is 2.19. The van der Waals surface area contributed by atoms with Crippen molar-refractivity contribution in [3.8, 4) is 0 Å². The molecule has 2 aromatic heterocycles. The number of nitrogens with one attached hydrogen (secondary N) is 1. The lowest BCUT2D eigenvalue weighted by Crippen LogP contribution is -2.30. The number of hydrogen-bond acceptors (Lipinski definition) is 5. The second-order valence-corrected chi connectivity index (χ2v) is 8.13. The zero-order valence-corrected chi connectivity index (χ0v) is 14.5. The zero-order chi connectivity index (χ0) is 14.8. The topological polar surface area (TPSA) is 37.8 Å². The van der Waals surface area contributed by atoms with Crippen molar-refractivity contribution in [1.29, 1.82) is 0 Å². The van der Waals surface area contributed by atoms with Gasteiger partial charge in [-0.3, -0.25) is 0 Å². The highest BCUT2D eigenvalue weighted by molar-refractivity contribution is 7.09. The van der Waals surface area contributed by atoms with Crippen LogP contribution in [0.2, 0.25) is 0 Å². The van der Waals surface area contributed by atoms with E-state index in [1.54, 1.807) is 22.7 Å². The number of thiazole rings is 2. The van der Waals surface area contributed by atoms with Gasteiger partial charge >= 0.3 is 0 Å². The quantitative estimate of drug-likeness (QED) is 0.917. The molecule has 0 amide bonds. The first kappa shape index (κ1) is 15.6. The van der Waals surface area contributed by atoms with Crippen LogP contribution in [-0.4, -0.2) is 23.1 Å². The normalized spacial score (nSPS) is 13.7. The molecule has 0 saturated heterocycles. The molecule has 2 rings (SSSR count). The Morgan fingerprint density at radius 1 is 1.15 bits per heavy atom. The number of aromatic nitrogens is 2. The fraction of sp³-hybridized carbons (Fsp3) is 0.600. The van der Waals surface area contributed by atoms with Gasteiger partial charge in [-0.1, -0.05) is 20.8 Å². The summed E-state index contributed by atoms with van der Waals surface area (Å²) in [6.07, 6.45) is 1.93. The molecule has 0 bridgehead atoms. The van der Waals surface area contributed by atoms with Crippen molar-refractivity contribution in [3.63, 3.8) is 0 Å². The summed E-state index contributed by atoms with van der Waals surface area (Å²) in [7, 11) is 2.02. The largest absolute Gasteiger partial charge is 0.316 e. The van der Waals surface area contributed by atoms with Crippen LogP contribution in [0.4, 0.5) is 0 Å². The van der Waals surface area contributed by atoms with Crippen molar-refractivity contribution in [2.24, 2.45) is 0 Å². The van der Waals surface area contributed by atoms with E-state index in [1.165, 1.54) is 16.4 Å². The summed E-state index contributed by atoms with van der Waals surface area (Å²) >= 11 is 3.49. The number of aryl methyl sites for hydroxylation is 1. The monoisotopic (exact) mass is 309 g/mol. The number of hydrogen-bond donors (Lipinski definition) is 1. The third-order valence-electron chi connectivity index (χ3n) is 3.27. The Morgan fingerprint density at radius 3 is 2.40 bits per heavy atom. The Morgan fingerprint density at radius 2 is 1.90 bits per heavy atom. The van der Waals surface area contributed by atoms with E-state index in [1.807, 2.05) is 7.05 Å². The zero-order valence-electron chi connectivity index (χ0n) is 12.9. The van der Waals surface area contributed by atoms with Crippen LogP contribution >= 0.6 is 22.7 Å². The average molecular weight is 310 g/mol. The minimum absolute atomic E-state index is 0.135. The molecular weight excluding hydrogens is 286 g/mol. The van der Waals surface area contributed by atoms with Gasteiger partial charge in [-0.05, 0) is 14.0 Å². The second-order valence-electron chi connectivity index (χ2n) is 6.13. The van der Waals surface area contributed by atoms with Crippen LogP contribution in [0.1, 0.15) is 42.2 Å². The van der Waals surface area contributed by atoms with Gasteiger partial charge in [0.1, 0.15) is 0 Å².